The Morgan fingerprint density at radius 2 is 1.26 bits per heavy atom. The average molecular weight is 637 g/mol. The van der Waals surface area contributed by atoms with E-state index >= 15 is 0 Å². The predicted octanol–water partition coefficient (Wildman–Crippen LogP) is 5.94. The van der Waals surface area contributed by atoms with Gasteiger partial charge in [-0.3, -0.25) is 9.69 Å². The second-order valence-electron chi connectivity index (χ2n) is 12.5. The Balaban J connectivity index is 1.23. The average Bonchev–Trinajstić information content (AvgIpc) is 3.10. The van der Waals surface area contributed by atoms with Crippen LogP contribution in [0.4, 0.5) is 5.69 Å². The van der Waals surface area contributed by atoms with E-state index in [1.165, 1.54) is 23.2 Å². The maximum atomic E-state index is 14.2. The van der Waals surface area contributed by atoms with Crippen LogP contribution < -0.4 is 14.9 Å². The highest BCUT2D eigenvalue weighted by Crippen LogP contribution is 2.30. The first-order chi connectivity index (χ1) is 22.5. The van der Waals surface area contributed by atoms with Crippen molar-refractivity contribution < 1.29 is 13.2 Å². The maximum Gasteiger partial charge on any atom is 0.241 e. The summed E-state index contributed by atoms with van der Waals surface area (Å²) in [4.78, 5) is 18.9. The second-order valence-corrected chi connectivity index (χ2v) is 14.2. The first-order valence-electron chi connectivity index (χ1n) is 16.5. The van der Waals surface area contributed by atoms with Crippen LogP contribution in [0.5, 0.6) is 0 Å². The summed E-state index contributed by atoms with van der Waals surface area (Å²) in [5.41, 5.74) is 4.65. The van der Waals surface area contributed by atoms with Crippen molar-refractivity contribution in [2.24, 2.45) is 0 Å². The fraction of sp³-hybridized carbons (Fsp3) is 0.342. The molecule has 1 aliphatic carbocycles. The van der Waals surface area contributed by atoms with Crippen LogP contribution in [0.1, 0.15) is 54.8 Å². The molecule has 4 aromatic rings. The van der Waals surface area contributed by atoms with Gasteiger partial charge in [0.1, 0.15) is 6.04 Å². The molecule has 1 amide bonds. The number of amides is 1. The highest BCUT2D eigenvalue weighted by molar-refractivity contribution is 7.89. The smallest absolute Gasteiger partial charge is 0.241 e. The number of benzene rings is 4. The van der Waals surface area contributed by atoms with E-state index in [1.807, 2.05) is 36.4 Å². The minimum Gasteiger partial charge on any atom is -0.369 e. The van der Waals surface area contributed by atoms with E-state index in [0.29, 0.717) is 13.1 Å². The van der Waals surface area contributed by atoms with Gasteiger partial charge in [0.05, 0.1) is 10.9 Å². The van der Waals surface area contributed by atoms with E-state index in [-0.39, 0.29) is 16.8 Å². The Kier molecular flexibility index (Phi) is 10.5. The number of carbonyl (C=O) groups is 1. The molecule has 2 fully saturated rings. The van der Waals surface area contributed by atoms with Gasteiger partial charge in [-0.25, -0.2) is 8.42 Å². The monoisotopic (exact) mass is 636 g/mol. The Morgan fingerprint density at radius 1 is 0.696 bits per heavy atom. The molecule has 46 heavy (non-hydrogen) atoms. The van der Waals surface area contributed by atoms with Crippen molar-refractivity contribution in [3.8, 4) is 0 Å². The topological polar surface area (TPSA) is 81.8 Å². The minimum absolute atomic E-state index is 0.0584. The lowest BCUT2D eigenvalue weighted by molar-refractivity contribution is -0.125. The summed E-state index contributed by atoms with van der Waals surface area (Å²) in [6, 6.07) is 36.0. The van der Waals surface area contributed by atoms with Gasteiger partial charge < -0.3 is 10.2 Å². The largest absolute Gasteiger partial charge is 0.369 e. The molecule has 0 aromatic heterocycles. The second kappa shape index (κ2) is 15.1. The molecular weight excluding hydrogens is 593 g/mol. The number of sulfonamides is 1. The predicted molar refractivity (Wildman–Crippen MR) is 184 cm³/mol. The third-order valence-electron chi connectivity index (χ3n) is 9.29. The molecule has 4 aromatic carbocycles. The molecule has 240 valence electrons. The van der Waals surface area contributed by atoms with E-state index in [2.05, 4.69) is 68.4 Å². The van der Waals surface area contributed by atoms with Gasteiger partial charge in [0, 0.05) is 37.9 Å². The molecule has 0 bridgehead atoms. The van der Waals surface area contributed by atoms with Crippen molar-refractivity contribution in [3.63, 3.8) is 0 Å². The van der Waals surface area contributed by atoms with Crippen LogP contribution in [0, 0.1) is 0 Å². The van der Waals surface area contributed by atoms with Crippen molar-refractivity contribution >= 4 is 21.6 Å². The SMILES string of the molecule is O=C(NC1CCCCC1)[C@H](NS(=O)(=O)c1ccccc1)[C@@H](c1ccccc1)N1CCN(c2ccc(Cc3ccccc3)cc2)CC1. The van der Waals surface area contributed by atoms with Crippen molar-refractivity contribution in [2.45, 2.75) is 61.5 Å². The van der Waals surface area contributed by atoms with Gasteiger partial charge in [0.15, 0.2) is 0 Å². The number of carbonyl (C=O) groups excluding carboxylic acids is 1. The number of piperazine rings is 1. The van der Waals surface area contributed by atoms with Crippen molar-refractivity contribution in [2.75, 3.05) is 31.1 Å². The van der Waals surface area contributed by atoms with Crippen LogP contribution in [0.2, 0.25) is 0 Å². The third-order valence-corrected chi connectivity index (χ3v) is 10.7. The van der Waals surface area contributed by atoms with Crippen LogP contribution >= 0.6 is 0 Å². The molecule has 0 spiro atoms. The molecule has 2 atom stereocenters. The molecular formula is C38H44N4O3S. The van der Waals surface area contributed by atoms with Gasteiger partial charge in [-0.1, -0.05) is 110 Å². The Morgan fingerprint density at radius 3 is 1.89 bits per heavy atom. The highest BCUT2D eigenvalue weighted by Gasteiger charge is 2.39. The van der Waals surface area contributed by atoms with E-state index in [1.54, 1.807) is 30.3 Å². The Bertz CT molecular complexity index is 1640. The van der Waals surface area contributed by atoms with Gasteiger partial charge >= 0.3 is 0 Å². The molecule has 8 heteroatoms. The number of nitrogens with zero attached hydrogens (tertiary/aromatic N) is 2. The minimum atomic E-state index is -3.97. The molecule has 1 heterocycles. The van der Waals surface area contributed by atoms with E-state index in [9.17, 15) is 13.2 Å². The lowest BCUT2D eigenvalue weighted by Crippen LogP contribution is -2.58. The van der Waals surface area contributed by atoms with Crippen LogP contribution in [0.3, 0.4) is 0 Å². The molecule has 2 N–H and O–H groups in total. The summed E-state index contributed by atoms with van der Waals surface area (Å²) < 4.78 is 30.3. The summed E-state index contributed by atoms with van der Waals surface area (Å²) in [7, 11) is -3.97. The zero-order chi connectivity index (χ0) is 31.8. The van der Waals surface area contributed by atoms with E-state index in [4.69, 9.17) is 0 Å². The van der Waals surface area contributed by atoms with Crippen molar-refractivity contribution in [1.82, 2.24) is 14.9 Å². The molecule has 7 nitrogen and oxygen atoms in total. The number of hydrogen-bond donors (Lipinski definition) is 2. The van der Waals surface area contributed by atoms with Gasteiger partial charge in [0.2, 0.25) is 15.9 Å². The van der Waals surface area contributed by atoms with Crippen molar-refractivity contribution in [3.05, 3.63) is 132 Å². The van der Waals surface area contributed by atoms with Crippen LogP contribution in [0.15, 0.2) is 120 Å². The standard InChI is InChI=1S/C38H44N4O3S/c43-38(39-33-17-9-3-10-18-33)36(40-46(44,45)35-19-11-4-12-20-35)37(32-15-7-2-8-16-32)42-27-25-41(26-28-42)34-23-21-31(22-24-34)29-30-13-5-1-6-14-30/h1-2,4-8,11-16,19-24,33,36-37,40H,3,9-10,17-18,25-29H2,(H,39,43)/t36-,37-/m1/s1. The molecule has 2 aliphatic rings. The fourth-order valence-electron chi connectivity index (χ4n) is 6.81. The van der Waals surface area contributed by atoms with Crippen LogP contribution in [0.25, 0.3) is 0 Å². The zero-order valence-electron chi connectivity index (χ0n) is 26.3. The maximum absolute atomic E-state index is 14.2. The lowest BCUT2D eigenvalue weighted by Gasteiger charge is -2.43. The van der Waals surface area contributed by atoms with Gasteiger partial charge in [-0.05, 0) is 60.2 Å². The molecule has 1 saturated heterocycles. The van der Waals surface area contributed by atoms with Crippen LogP contribution in [-0.2, 0) is 21.2 Å². The lowest BCUT2D eigenvalue weighted by atomic mass is 9.93. The fourth-order valence-corrected chi connectivity index (χ4v) is 8.03. The summed E-state index contributed by atoms with van der Waals surface area (Å²) in [6.45, 7) is 2.91. The quantitative estimate of drug-likeness (QED) is 0.213. The molecule has 6 rings (SSSR count). The molecule has 0 radical (unpaired) electrons. The number of nitrogens with one attached hydrogen (secondary N) is 2. The Labute approximate surface area is 273 Å². The summed E-state index contributed by atoms with van der Waals surface area (Å²) in [6.07, 6.45) is 6.05. The number of rotatable bonds is 11. The Hall–Kier alpha value is -3.98. The van der Waals surface area contributed by atoms with Gasteiger partial charge in [-0.2, -0.15) is 4.72 Å². The van der Waals surface area contributed by atoms with E-state index in [0.717, 1.165) is 50.8 Å². The summed E-state index contributed by atoms with van der Waals surface area (Å²) in [5.74, 6) is -0.267. The molecule has 1 aliphatic heterocycles. The number of anilines is 1. The van der Waals surface area contributed by atoms with E-state index < -0.39 is 22.1 Å². The first-order valence-corrected chi connectivity index (χ1v) is 18.0. The van der Waals surface area contributed by atoms with Gasteiger partial charge in [-0.15, -0.1) is 0 Å². The summed E-state index contributed by atoms with van der Waals surface area (Å²) in [5, 5.41) is 3.24. The third kappa shape index (κ3) is 8.05. The zero-order valence-corrected chi connectivity index (χ0v) is 27.1. The van der Waals surface area contributed by atoms with Crippen molar-refractivity contribution in [1.29, 1.82) is 0 Å². The normalized spacial score (nSPS) is 17.7. The highest BCUT2D eigenvalue weighted by atomic mass is 32.2. The number of hydrogen-bond acceptors (Lipinski definition) is 5. The van der Waals surface area contributed by atoms with Crippen LogP contribution in [-0.4, -0.2) is 57.5 Å². The molecule has 1 saturated carbocycles. The van der Waals surface area contributed by atoms with Gasteiger partial charge in [0.25, 0.3) is 0 Å². The molecule has 0 unspecified atom stereocenters. The summed E-state index contributed by atoms with van der Waals surface area (Å²) >= 11 is 0. The first kappa shape index (κ1) is 32.0.